The molecule has 25 heavy (non-hydrogen) atoms. The molecule has 0 radical (unpaired) electrons. The summed E-state index contributed by atoms with van der Waals surface area (Å²) in [6, 6.07) is 0. The molecule has 4 N–H and O–H groups in total. The van der Waals surface area contributed by atoms with Crippen LogP contribution in [-0.2, 0) is 4.79 Å². The third kappa shape index (κ3) is 1.81. The van der Waals surface area contributed by atoms with Gasteiger partial charge in [0.15, 0.2) is 0 Å². The number of aliphatic hydroxyl groups is 1. The van der Waals surface area contributed by atoms with Gasteiger partial charge in [-0.25, -0.2) is 0 Å². The van der Waals surface area contributed by atoms with Gasteiger partial charge in [-0.15, -0.1) is 0 Å². The van der Waals surface area contributed by atoms with E-state index in [0.29, 0.717) is 12.2 Å². The van der Waals surface area contributed by atoms with Crippen LogP contribution >= 0.6 is 0 Å². The van der Waals surface area contributed by atoms with Crippen molar-refractivity contribution in [2.45, 2.75) is 45.4 Å². The lowest BCUT2D eigenvalue weighted by atomic mass is 9.66. The Morgan fingerprint density at radius 3 is 3.00 bits per heavy atom. The molecule has 0 spiro atoms. The number of hydrogen-bond donors (Lipinski definition) is 4. The zero-order valence-corrected chi connectivity index (χ0v) is 14.3. The summed E-state index contributed by atoms with van der Waals surface area (Å²) in [5, 5.41) is 20.2. The van der Waals surface area contributed by atoms with Crippen LogP contribution in [-0.4, -0.2) is 16.2 Å². The molecule has 2 unspecified atom stereocenters. The van der Waals surface area contributed by atoms with Crippen molar-refractivity contribution < 1.29 is 15.0 Å². The SMILES string of the molecule is CC12CCCC=C1C(O)=CC1=C2NNC2=C1CC1=C2C(C(=O)O)CC1. The van der Waals surface area contributed by atoms with Crippen molar-refractivity contribution in [3.63, 3.8) is 0 Å². The van der Waals surface area contributed by atoms with Crippen LogP contribution in [0.25, 0.3) is 0 Å². The van der Waals surface area contributed by atoms with Crippen molar-refractivity contribution >= 4 is 5.97 Å². The van der Waals surface area contributed by atoms with Crippen LogP contribution in [0, 0.1) is 11.3 Å². The van der Waals surface area contributed by atoms with Gasteiger partial charge in [-0.05, 0) is 62.7 Å². The molecule has 0 saturated heterocycles. The highest BCUT2D eigenvalue weighted by atomic mass is 16.4. The Morgan fingerprint density at radius 1 is 1.36 bits per heavy atom. The normalized spacial score (nSPS) is 32.9. The molecule has 0 fully saturated rings. The van der Waals surface area contributed by atoms with Crippen molar-refractivity contribution in [1.82, 2.24) is 10.9 Å². The van der Waals surface area contributed by atoms with E-state index in [1.54, 1.807) is 0 Å². The second-order valence-corrected chi connectivity index (χ2v) is 7.89. The minimum Gasteiger partial charge on any atom is -0.508 e. The van der Waals surface area contributed by atoms with Crippen molar-refractivity contribution in [3.8, 4) is 0 Å². The zero-order chi connectivity index (χ0) is 17.3. The lowest BCUT2D eigenvalue weighted by Crippen LogP contribution is -2.45. The van der Waals surface area contributed by atoms with E-state index < -0.39 is 11.9 Å². The van der Waals surface area contributed by atoms with E-state index in [1.165, 1.54) is 5.57 Å². The molecular formula is C20H22N2O3. The highest BCUT2D eigenvalue weighted by molar-refractivity contribution is 5.79. The van der Waals surface area contributed by atoms with E-state index in [0.717, 1.165) is 65.8 Å². The maximum Gasteiger partial charge on any atom is 0.311 e. The minimum atomic E-state index is -0.744. The van der Waals surface area contributed by atoms with Gasteiger partial charge >= 0.3 is 5.97 Å². The Labute approximate surface area is 146 Å². The number of aliphatic hydroxyl groups excluding tert-OH is 1. The van der Waals surface area contributed by atoms with Gasteiger partial charge in [-0.2, -0.15) is 0 Å². The molecule has 5 heteroatoms. The predicted octanol–water partition coefficient (Wildman–Crippen LogP) is 3.37. The van der Waals surface area contributed by atoms with Gasteiger partial charge in [0.1, 0.15) is 5.76 Å². The second-order valence-electron chi connectivity index (χ2n) is 7.89. The Hall–Kier alpha value is -2.43. The molecule has 0 aromatic rings. The van der Waals surface area contributed by atoms with E-state index in [2.05, 4.69) is 23.9 Å². The van der Waals surface area contributed by atoms with Crippen molar-refractivity contribution in [2.75, 3.05) is 0 Å². The number of nitrogens with one attached hydrogen (secondary N) is 2. The van der Waals surface area contributed by atoms with Gasteiger partial charge in [-0.1, -0.05) is 11.6 Å². The first kappa shape index (κ1) is 14.9. The predicted molar refractivity (Wildman–Crippen MR) is 93.1 cm³/mol. The molecule has 0 saturated carbocycles. The fourth-order valence-electron chi connectivity index (χ4n) is 5.32. The number of hydrogen-bond acceptors (Lipinski definition) is 4. The molecular weight excluding hydrogens is 316 g/mol. The van der Waals surface area contributed by atoms with Crippen LogP contribution in [0.1, 0.15) is 45.4 Å². The third-order valence-corrected chi connectivity index (χ3v) is 6.56. The molecule has 1 aliphatic heterocycles. The Balaban J connectivity index is 1.64. The smallest absolute Gasteiger partial charge is 0.311 e. The quantitative estimate of drug-likeness (QED) is 0.589. The van der Waals surface area contributed by atoms with Gasteiger partial charge < -0.3 is 21.1 Å². The first-order valence-electron chi connectivity index (χ1n) is 9.08. The summed E-state index contributed by atoms with van der Waals surface area (Å²) in [6.45, 7) is 2.19. The van der Waals surface area contributed by atoms with Gasteiger partial charge in [0, 0.05) is 22.3 Å². The number of fused-ring (bicyclic) bond motifs is 4. The molecule has 0 aromatic carbocycles. The first-order chi connectivity index (χ1) is 12.0. The molecule has 130 valence electrons. The minimum absolute atomic E-state index is 0.211. The van der Waals surface area contributed by atoms with Crippen molar-refractivity contribution in [2.24, 2.45) is 11.3 Å². The molecule has 4 aliphatic carbocycles. The highest BCUT2D eigenvalue weighted by Gasteiger charge is 2.46. The van der Waals surface area contributed by atoms with E-state index in [4.69, 9.17) is 0 Å². The molecule has 5 aliphatic rings. The van der Waals surface area contributed by atoms with E-state index in [1.807, 2.05) is 6.08 Å². The Morgan fingerprint density at radius 2 is 2.20 bits per heavy atom. The standard InChI is InChI=1S/C20H22N2O3/c1-20-7-3-2-4-14(20)15(23)9-13-12-8-10-5-6-11(19(24)25)16(10)17(12)21-22-18(13)20/h4,9,11,21-23H,2-3,5-8H2,1H3,(H,24,25). The maximum atomic E-state index is 11.6. The number of carboxylic acids is 1. The molecule has 0 aromatic heterocycles. The molecule has 1 heterocycles. The van der Waals surface area contributed by atoms with Gasteiger partial charge in [-0.3, -0.25) is 4.79 Å². The largest absolute Gasteiger partial charge is 0.508 e. The highest BCUT2D eigenvalue weighted by Crippen LogP contribution is 2.54. The van der Waals surface area contributed by atoms with Crippen LogP contribution in [0.15, 0.2) is 57.2 Å². The van der Waals surface area contributed by atoms with Crippen LogP contribution in [0.5, 0.6) is 0 Å². The third-order valence-electron chi connectivity index (χ3n) is 6.56. The van der Waals surface area contributed by atoms with Gasteiger partial charge in [0.05, 0.1) is 11.6 Å². The van der Waals surface area contributed by atoms with Crippen molar-refractivity contribution in [1.29, 1.82) is 0 Å². The summed E-state index contributed by atoms with van der Waals surface area (Å²) in [6.07, 6.45) is 9.46. The summed E-state index contributed by atoms with van der Waals surface area (Å²) >= 11 is 0. The van der Waals surface area contributed by atoms with E-state index in [9.17, 15) is 15.0 Å². The first-order valence-corrected chi connectivity index (χ1v) is 9.08. The molecule has 5 rings (SSSR count). The lowest BCUT2D eigenvalue weighted by Gasteiger charge is -2.43. The average Bonchev–Trinajstić information content (AvgIpc) is 3.14. The number of allylic oxidation sites excluding steroid dienone is 8. The maximum absolute atomic E-state index is 11.6. The van der Waals surface area contributed by atoms with Crippen LogP contribution in [0.3, 0.4) is 0 Å². The van der Waals surface area contributed by atoms with Crippen LogP contribution < -0.4 is 10.9 Å². The van der Waals surface area contributed by atoms with Crippen molar-refractivity contribution in [3.05, 3.63) is 57.2 Å². The van der Waals surface area contributed by atoms with E-state index in [-0.39, 0.29) is 5.41 Å². The lowest BCUT2D eigenvalue weighted by molar-refractivity contribution is -0.140. The number of carbonyl (C=O) groups is 1. The summed E-state index contributed by atoms with van der Waals surface area (Å²) in [4.78, 5) is 11.6. The number of hydrazine groups is 1. The number of rotatable bonds is 1. The number of carboxylic acid groups (broad SMARTS) is 1. The summed E-state index contributed by atoms with van der Waals surface area (Å²) in [7, 11) is 0. The summed E-state index contributed by atoms with van der Waals surface area (Å²) < 4.78 is 0. The van der Waals surface area contributed by atoms with Crippen LogP contribution in [0.2, 0.25) is 0 Å². The van der Waals surface area contributed by atoms with Gasteiger partial charge in [0.2, 0.25) is 0 Å². The fraction of sp³-hybridized carbons (Fsp3) is 0.450. The summed E-state index contributed by atoms with van der Waals surface area (Å²) in [5.74, 6) is -0.800. The van der Waals surface area contributed by atoms with Crippen LogP contribution in [0.4, 0.5) is 0 Å². The van der Waals surface area contributed by atoms with E-state index >= 15 is 0 Å². The Bertz CT molecular complexity index is 871. The number of aliphatic carboxylic acids is 1. The summed E-state index contributed by atoms with van der Waals surface area (Å²) in [5.41, 5.74) is 13.9. The molecule has 5 nitrogen and oxygen atoms in total. The monoisotopic (exact) mass is 338 g/mol. The Kier molecular flexibility index (Phi) is 2.86. The molecule has 0 amide bonds. The average molecular weight is 338 g/mol. The van der Waals surface area contributed by atoms with Gasteiger partial charge in [0.25, 0.3) is 0 Å². The second kappa shape index (κ2) is 4.81. The zero-order valence-electron chi connectivity index (χ0n) is 14.3. The molecule has 0 bridgehead atoms. The molecule has 2 atom stereocenters. The topological polar surface area (TPSA) is 81.6 Å². The fourth-order valence-corrected chi connectivity index (χ4v) is 5.32.